The topological polar surface area (TPSA) is 34.1 Å². The van der Waals surface area contributed by atoms with Gasteiger partial charge in [-0.3, -0.25) is 0 Å². The third kappa shape index (κ3) is 1.52. The molecule has 0 N–H and O–H groups in total. The van der Waals surface area contributed by atoms with Crippen molar-refractivity contribution in [2.24, 2.45) is 0 Å². The van der Waals surface area contributed by atoms with Gasteiger partial charge < -0.3 is 0 Å². The lowest BCUT2D eigenvalue weighted by Crippen LogP contribution is -2.02. The molecular weight excluding hydrogens is 80.0 g/mol. The van der Waals surface area contributed by atoms with E-state index in [4.69, 9.17) is 0 Å². The summed E-state index contributed by atoms with van der Waals surface area (Å²) in [6.07, 6.45) is 0. The van der Waals surface area contributed by atoms with Gasteiger partial charge in [0.2, 0.25) is 0 Å². The molecule has 0 aliphatic rings. The molecule has 2 heteroatoms. The molecule has 32 valence electrons. The minimum Gasteiger partial charge on any atom is -0.237 e. The van der Waals surface area contributed by atoms with Gasteiger partial charge in [0.1, 0.15) is 0 Å². The number of hydrogen-bond donors (Lipinski definition) is 0. The molecule has 0 aliphatic carbocycles. The highest BCUT2D eigenvalue weighted by Gasteiger charge is 2.08. The molecule has 0 heterocycles. The Kier molecular flexibility index (Phi) is 1.39. The molecule has 0 fully saturated rings. The molecule has 0 saturated carbocycles. The van der Waals surface area contributed by atoms with Gasteiger partial charge in [-0.25, -0.2) is 4.79 Å². The highest BCUT2D eigenvalue weighted by molar-refractivity contribution is 6.38. The fourth-order valence-electron chi connectivity index (χ4n) is 0. The molecule has 0 saturated heterocycles. The van der Waals surface area contributed by atoms with E-state index in [2.05, 4.69) is 6.92 Å². The van der Waals surface area contributed by atoms with Gasteiger partial charge in [0.15, 0.2) is 0 Å². The van der Waals surface area contributed by atoms with E-state index >= 15 is 0 Å². The molecule has 0 aromatic heterocycles. The first-order chi connectivity index (χ1) is 2.64. The molecule has 0 amide bonds. The van der Waals surface area contributed by atoms with E-state index in [1.54, 1.807) is 0 Å². The Bertz CT molecular complexity index is 71.5. The molecule has 0 aromatic rings. The third-order valence-electron chi connectivity index (χ3n) is 0.393. The summed E-state index contributed by atoms with van der Waals surface area (Å²) in [5.41, 5.74) is 0. The molecule has 0 rings (SSSR count). The predicted octanol–water partition coefficient (Wildman–Crippen LogP) is -0.0214. The van der Waals surface area contributed by atoms with Crippen LogP contribution in [0.3, 0.4) is 0 Å². The molecule has 0 bridgehead atoms. The number of Topliss-reactive ketones (excluding diaryl/α,β-unsaturated/α-hetero) is 2. The molecule has 6 heavy (non-hydrogen) atoms. The maximum Gasteiger partial charge on any atom is 0.370 e. The van der Waals surface area contributed by atoms with Gasteiger partial charge in [0.05, 0.1) is 13.8 Å². The van der Waals surface area contributed by atoms with Crippen LogP contribution in [-0.4, -0.2) is 11.6 Å². The minimum atomic E-state index is -0.630. The first-order valence-corrected chi connectivity index (χ1v) is 1.51. The Balaban J connectivity index is 3.57. The van der Waals surface area contributed by atoms with E-state index in [1.165, 1.54) is 6.92 Å². The maximum atomic E-state index is 9.73. The van der Waals surface area contributed by atoms with Gasteiger partial charge >= 0.3 is 11.6 Å². The second-order valence-electron chi connectivity index (χ2n) is 0.979. The average Bonchev–Trinajstić information content (AvgIpc) is 1.36. The summed E-state index contributed by atoms with van der Waals surface area (Å²) in [5.74, 6) is -1.12. The Morgan fingerprint density at radius 3 is 1.67 bits per heavy atom. The fraction of sp³-hybridized carbons (Fsp3) is 0.250. The van der Waals surface area contributed by atoms with Crippen molar-refractivity contribution in [1.29, 1.82) is 0 Å². The largest absolute Gasteiger partial charge is 0.370 e. The average molecular weight is 85.1 g/mol. The predicted molar refractivity (Wildman–Crippen MR) is 21.0 cm³/mol. The van der Waals surface area contributed by atoms with Crippen LogP contribution in [0.5, 0.6) is 0 Å². The van der Waals surface area contributed by atoms with Crippen molar-refractivity contribution in [3.63, 3.8) is 0 Å². The van der Waals surface area contributed by atoms with E-state index in [-0.39, 0.29) is 0 Å². The zero-order valence-electron chi connectivity index (χ0n) is 3.52. The van der Waals surface area contributed by atoms with Crippen molar-refractivity contribution in [1.82, 2.24) is 0 Å². The lowest BCUT2D eigenvalue weighted by molar-refractivity contribution is -0.132. The second kappa shape index (κ2) is 1.60. The van der Waals surface area contributed by atoms with Crippen molar-refractivity contribution in [2.75, 3.05) is 0 Å². The molecule has 2 nitrogen and oxygen atoms in total. The zero-order valence-corrected chi connectivity index (χ0v) is 3.52. The van der Waals surface area contributed by atoms with E-state index in [9.17, 15) is 9.59 Å². The summed E-state index contributed by atoms with van der Waals surface area (Å²) >= 11 is 0. The Hall–Kier alpha value is -0.790. The normalized spacial score (nSPS) is 7.50. The lowest BCUT2D eigenvalue weighted by atomic mass is 10.3. The maximum absolute atomic E-state index is 9.73. The first kappa shape index (κ1) is 5.21. The van der Waals surface area contributed by atoms with Crippen LogP contribution in [0.1, 0.15) is 6.92 Å². The molecular formula is C4H5O2+. The molecule has 0 aromatic carbocycles. The van der Waals surface area contributed by atoms with Gasteiger partial charge in [-0.05, 0) is 0 Å². The fourth-order valence-corrected chi connectivity index (χ4v) is 0. The number of carbonyl (C=O) groups is 2. The molecule has 0 atom stereocenters. The summed E-state index contributed by atoms with van der Waals surface area (Å²) in [4.78, 5) is 19.4. The van der Waals surface area contributed by atoms with Crippen molar-refractivity contribution in [3.05, 3.63) is 6.92 Å². The van der Waals surface area contributed by atoms with Crippen LogP contribution in [0.25, 0.3) is 0 Å². The molecule has 0 spiro atoms. The minimum absolute atomic E-state index is 0.491. The van der Waals surface area contributed by atoms with Gasteiger partial charge in [-0.1, -0.05) is 0 Å². The van der Waals surface area contributed by atoms with E-state index in [1.807, 2.05) is 0 Å². The van der Waals surface area contributed by atoms with Crippen LogP contribution < -0.4 is 0 Å². The van der Waals surface area contributed by atoms with Crippen molar-refractivity contribution in [3.8, 4) is 0 Å². The highest BCUT2D eigenvalue weighted by Crippen LogP contribution is 1.65. The molecule has 0 aliphatic heterocycles. The third-order valence-corrected chi connectivity index (χ3v) is 0.393. The SMILES string of the molecule is [CH2+]C(=O)C(C)=O. The number of rotatable bonds is 1. The number of hydrogen-bond acceptors (Lipinski definition) is 2. The molecule has 0 radical (unpaired) electrons. The van der Waals surface area contributed by atoms with Crippen molar-refractivity contribution >= 4 is 11.6 Å². The second-order valence-corrected chi connectivity index (χ2v) is 0.979. The van der Waals surface area contributed by atoms with Crippen LogP contribution in [0.2, 0.25) is 0 Å². The summed E-state index contributed by atoms with van der Waals surface area (Å²) in [6, 6.07) is 0. The standard InChI is InChI=1S/C4H5O2/c1-3(5)4(2)6/h1H2,2H3/q+1. The Labute approximate surface area is 36.2 Å². The van der Waals surface area contributed by atoms with E-state index < -0.39 is 11.6 Å². The summed E-state index contributed by atoms with van der Waals surface area (Å²) < 4.78 is 0. The first-order valence-electron chi connectivity index (χ1n) is 1.51. The lowest BCUT2D eigenvalue weighted by Gasteiger charge is -1.60. The summed E-state index contributed by atoms with van der Waals surface area (Å²) in [6.45, 7) is 4.04. The number of ketones is 2. The van der Waals surface area contributed by atoms with Crippen molar-refractivity contribution in [2.45, 2.75) is 6.92 Å². The van der Waals surface area contributed by atoms with Gasteiger partial charge in [0, 0.05) is 0 Å². The van der Waals surface area contributed by atoms with Crippen LogP contribution in [0.4, 0.5) is 0 Å². The molecule has 0 unspecified atom stereocenters. The smallest absolute Gasteiger partial charge is 0.237 e. The van der Waals surface area contributed by atoms with Gasteiger partial charge in [-0.15, -0.1) is 0 Å². The van der Waals surface area contributed by atoms with Gasteiger partial charge in [-0.2, -0.15) is 4.79 Å². The highest BCUT2D eigenvalue weighted by atomic mass is 16.2. The van der Waals surface area contributed by atoms with Crippen LogP contribution in [0, 0.1) is 6.92 Å². The summed E-state index contributed by atoms with van der Waals surface area (Å²) in [7, 11) is 0. The Morgan fingerprint density at radius 2 is 1.67 bits per heavy atom. The monoisotopic (exact) mass is 85.0 g/mol. The van der Waals surface area contributed by atoms with Crippen LogP contribution in [-0.2, 0) is 9.59 Å². The zero-order chi connectivity index (χ0) is 5.15. The van der Waals surface area contributed by atoms with Crippen LogP contribution >= 0.6 is 0 Å². The van der Waals surface area contributed by atoms with E-state index in [0.29, 0.717) is 0 Å². The number of carbonyl (C=O) groups excluding carboxylic acids is 2. The van der Waals surface area contributed by atoms with Gasteiger partial charge in [0.25, 0.3) is 0 Å². The summed E-state index contributed by atoms with van der Waals surface area (Å²) in [5, 5.41) is 0. The van der Waals surface area contributed by atoms with Crippen LogP contribution in [0.15, 0.2) is 0 Å². The Morgan fingerprint density at radius 1 is 1.50 bits per heavy atom. The quantitative estimate of drug-likeness (QED) is 0.331. The van der Waals surface area contributed by atoms with Crippen molar-refractivity contribution < 1.29 is 9.59 Å². The van der Waals surface area contributed by atoms with E-state index in [0.717, 1.165) is 0 Å².